The standard InChI is InChI=1S/C13H12F3N3O3/c14-13(15,16)12-18-11(19-22-12)8-1-4-17-10(7-8)21-9-2-5-20-6-3-9/h1,4,7,9H,2-3,5-6H2. The summed E-state index contributed by atoms with van der Waals surface area (Å²) in [5.41, 5.74) is 0.344. The molecular formula is C13H12F3N3O3. The van der Waals surface area contributed by atoms with Crippen LogP contribution in [-0.2, 0) is 10.9 Å². The Morgan fingerprint density at radius 2 is 2.00 bits per heavy atom. The molecule has 0 unspecified atom stereocenters. The number of ether oxygens (including phenoxy) is 2. The van der Waals surface area contributed by atoms with Crippen molar-refractivity contribution in [3.63, 3.8) is 0 Å². The number of pyridine rings is 1. The highest BCUT2D eigenvalue weighted by Gasteiger charge is 2.38. The van der Waals surface area contributed by atoms with Crippen LogP contribution in [0.25, 0.3) is 11.4 Å². The molecule has 1 saturated heterocycles. The van der Waals surface area contributed by atoms with Gasteiger partial charge in [-0.3, -0.25) is 0 Å². The Labute approximate surface area is 123 Å². The van der Waals surface area contributed by atoms with Crippen LogP contribution in [0.3, 0.4) is 0 Å². The van der Waals surface area contributed by atoms with Gasteiger partial charge in [0.1, 0.15) is 6.10 Å². The first-order valence-electron chi connectivity index (χ1n) is 6.64. The Morgan fingerprint density at radius 1 is 1.23 bits per heavy atom. The SMILES string of the molecule is FC(F)(F)c1nc(-c2ccnc(OC3CCOCC3)c2)no1. The first-order chi connectivity index (χ1) is 10.5. The molecule has 22 heavy (non-hydrogen) atoms. The zero-order valence-corrected chi connectivity index (χ0v) is 11.3. The van der Waals surface area contributed by atoms with Gasteiger partial charge in [-0.15, -0.1) is 0 Å². The Hall–Kier alpha value is -2.16. The molecule has 6 nitrogen and oxygen atoms in total. The maximum absolute atomic E-state index is 12.5. The summed E-state index contributed by atoms with van der Waals surface area (Å²) in [6.45, 7) is 1.23. The van der Waals surface area contributed by atoms with Crippen LogP contribution in [0.15, 0.2) is 22.9 Å². The number of aromatic nitrogens is 3. The molecule has 0 aromatic carbocycles. The van der Waals surface area contributed by atoms with Crippen molar-refractivity contribution in [3.8, 4) is 17.3 Å². The van der Waals surface area contributed by atoms with Crippen molar-refractivity contribution in [1.29, 1.82) is 0 Å². The van der Waals surface area contributed by atoms with Gasteiger partial charge in [-0.25, -0.2) is 4.98 Å². The van der Waals surface area contributed by atoms with Crippen molar-refractivity contribution < 1.29 is 27.2 Å². The molecule has 0 N–H and O–H groups in total. The van der Waals surface area contributed by atoms with Crippen molar-refractivity contribution in [3.05, 3.63) is 24.2 Å². The van der Waals surface area contributed by atoms with E-state index in [0.29, 0.717) is 24.7 Å². The second-order valence-electron chi connectivity index (χ2n) is 4.73. The molecule has 1 aliphatic rings. The summed E-state index contributed by atoms with van der Waals surface area (Å²) in [4.78, 5) is 7.38. The van der Waals surface area contributed by atoms with E-state index in [1.165, 1.54) is 18.3 Å². The van der Waals surface area contributed by atoms with E-state index in [2.05, 4.69) is 19.6 Å². The topological polar surface area (TPSA) is 70.3 Å². The van der Waals surface area contributed by atoms with Crippen LogP contribution in [0.2, 0.25) is 0 Å². The van der Waals surface area contributed by atoms with Gasteiger partial charge < -0.3 is 14.0 Å². The van der Waals surface area contributed by atoms with Crippen LogP contribution in [0.4, 0.5) is 13.2 Å². The molecular weight excluding hydrogens is 303 g/mol. The molecule has 3 rings (SSSR count). The van der Waals surface area contributed by atoms with E-state index >= 15 is 0 Å². The summed E-state index contributed by atoms with van der Waals surface area (Å²) in [6.07, 6.45) is -1.78. The predicted octanol–water partition coefficient (Wildman–Crippen LogP) is 2.71. The normalized spacial score (nSPS) is 16.7. The van der Waals surface area contributed by atoms with Gasteiger partial charge in [-0.1, -0.05) is 5.16 Å². The number of halogens is 3. The van der Waals surface area contributed by atoms with Crippen LogP contribution < -0.4 is 4.74 Å². The maximum Gasteiger partial charge on any atom is 0.471 e. The number of nitrogens with zero attached hydrogens (tertiary/aromatic N) is 3. The average Bonchev–Trinajstić information content (AvgIpc) is 2.99. The summed E-state index contributed by atoms with van der Waals surface area (Å²) in [5.74, 6) is -1.24. The minimum atomic E-state index is -4.67. The van der Waals surface area contributed by atoms with Crippen LogP contribution in [0.5, 0.6) is 5.88 Å². The molecule has 0 aliphatic carbocycles. The average molecular weight is 315 g/mol. The fourth-order valence-corrected chi connectivity index (χ4v) is 2.03. The molecule has 118 valence electrons. The molecule has 1 fully saturated rings. The molecule has 2 aromatic heterocycles. The lowest BCUT2D eigenvalue weighted by molar-refractivity contribution is -0.159. The number of hydrogen-bond acceptors (Lipinski definition) is 6. The molecule has 0 atom stereocenters. The Morgan fingerprint density at radius 3 is 2.68 bits per heavy atom. The molecule has 0 amide bonds. The van der Waals surface area contributed by atoms with E-state index in [4.69, 9.17) is 9.47 Å². The smallest absolute Gasteiger partial charge is 0.471 e. The second kappa shape index (κ2) is 5.91. The largest absolute Gasteiger partial charge is 0.474 e. The quantitative estimate of drug-likeness (QED) is 0.867. The highest BCUT2D eigenvalue weighted by Crippen LogP contribution is 2.30. The molecule has 3 heterocycles. The third kappa shape index (κ3) is 3.35. The van der Waals surface area contributed by atoms with E-state index in [9.17, 15) is 13.2 Å². The van der Waals surface area contributed by atoms with Gasteiger partial charge in [0.05, 0.1) is 13.2 Å². The molecule has 9 heteroatoms. The number of rotatable bonds is 3. The fraction of sp³-hybridized carbons (Fsp3) is 0.462. The second-order valence-corrected chi connectivity index (χ2v) is 4.73. The number of alkyl halides is 3. The van der Waals surface area contributed by atoms with Crippen molar-refractivity contribution in [1.82, 2.24) is 15.1 Å². The summed E-state index contributed by atoms with van der Waals surface area (Å²) in [6, 6.07) is 2.97. The van der Waals surface area contributed by atoms with Crippen LogP contribution >= 0.6 is 0 Å². The van der Waals surface area contributed by atoms with Crippen molar-refractivity contribution in [2.75, 3.05) is 13.2 Å². The van der Waals surface area contributed by atoms with Crippen LogP contribution in [0.1, 0.15) is 18.7 Å². The van der Waals surface area contributed by atoms with Crippen LogP contribution in [0, 0.1) is 0 Å². The summed E-state index contributed by atoms with van der Waals surface area (Å²) < 4.78 is 52.5. The lowest BCUT2D eigenvalue weighted by Gasteiger charge is -2.22. The Balaban J connectivity index is 1.77. The first-order valence-corrected chi connectivity index (χ1v) is 6.64. The van der Waals surface area contributed by atoms with Gasteiger partial charge in [-0.05, 0) is 6.07 Å². The molecule has 0 radical (unpaired) electrons. The number of hydrogen-bond donors (Lipinski definition) is 0. The Kier molecular flexibility index (Phi) is 3.97. The van der Waals surface area contributed by atoms with Crippen molar-refractivity contribution in [2.24, 2.45) is 0 Å². The Bertz CT molecular complexity index is 639. The monoisotopic (exact) mass is 315 g/mol. The van der Waals surface area contributed by atoms with E-state index in [1.807, 2.05) is 0 Å². The molecule has 0 saturated carbocycles. The summed E-state index contributed by atoms with van der Waals surface area (Å²) in [5, 5.41) is 3.33. The van der Waals surface area contributed by atoms with Gasteiger partial charge in [0, 0.05) is 30.7 Å². The maximum atomic E-state index is 12.5. The van der Waals surface area contributed by atoms with E-state index in [0.717, 1.165) is 12.8 Å². The van der Waals surface area contributed by atoms with Crippen molar-refractivity contribution >= 4 is 0 Å². The van der Waals surface area contributed by atoms with Gasteiger partial charge in [0.2, 0.25) is 11.7 Å². The van der Waals surface area contributed by atoms with Gasteiger partial charge >= 0.3 is 12.1 Å². The van der Waals surface area contributed by atoms with E-state index in [-0.39, 0.29) is 11.9 Å². The van der Waals surface area contributed by atoms with E-state index < -0.39 is 12.1 Å². The predicted molar refractivity (Wildman–Crippen MR) is 67.0 cm³/mol. The van der Waals surface area contributed by atoms with Gasteiger partial charge in [-0.2, -0.15) is 18.2 Å². The highest BCUT2D eigenvalue weighted by molar-refractivity contribution is 5.55. The minimum absolute atomic E-state index is 0.0208. The minimum Gasteiger partial charge on any atom is -0.474 e. The lowest BCUT2D eigenvalue weighted by Crippen LogP contribution is -2.26. The molecule has 0 bridgehead atoms. The zero-order valence-electron chi connectivity index (χ0n) is 11.3. The van der Waals surface area contributed by atoms with Gasteiger partial charge in [0.25, 0.3) is 0 Å². The summed E-state index contributed by atoms with van der Waals surface area (Å²) >= 11 is 0. The summed E-state index contributed by atoms with van der Waals surface area (Å²) in [7, 11) is 0. The molecule has 2 aromatic rings. The molecule has 0 spiro atoms. The zero-order chi connectivity index (χ0) is 15.6. The van der Waals surface area contributed by atoms with E-state index in [1.54, 1.807) is 0 Å². The third-order valence-electron chi connectivity index (χ3n) is 3.12. The molecule has 1 aliphatic heterocycles. The third-order valence-corrected chi connectivity index (χ3v) is 3.12. The van der Waals surface area contributed by atoms with Gasteiger partial charge in [0.15, 0.2) is 0 Å². The van der Waals surface area contributed by atoms with Crippen LogP contribution in [-0.4, -0.2) is 34.4 Å². The van der Waals surface area contributed by atoms with Crippen molar-refractivity contribution in [2.45, 2.75) is 25.1 Å². The first kappa shape index (κ1) is 14.8. The lowest BCUT2D eigenvalue weighted by atomic mass is 10.1. The fourth-order valence-electron chi connectivity index (χ4n) is 2.03. The highest BCUT2D eigenvalue weighted by atomic mass is 19.4.